The summed E-state index contributed by atoms with van der Waals surface area (Å²) in [6.07, 6.45) is 1.68. The van der Waals surface area contributed by atoms with E-state index in [0.29, 0.717) is 13.2 Å². The molecule has 146 valence electrons. The summed E-state index contributed by atoms with van der Waals surface area (Å²) in [5.74, 6) is 0.218. The highest BCUT2D eigenvalue weighted by atomic mass is 32.1. The van der Waals surface area contributed by atoms with Crippen LogP contribution in [0.4, 0.5) is 0 Å². The minimum atomic E-state index is -0.389. The zero-order chi connectivity index (χ0) is 18.4. The summed E-state index contributed by atoms with van der Waals surface area (Å²) in [4.78, 5) is 19.1. The Bertz CT molecular complexity index is 549. The van der Waals surface area contributed by atoms with Crippen molar-refractivity contribution in [2.24, 2.45) is 5.41 Å². The SMILES string of the molecule is COCC1(C(=O)N(C)CC(c2cccs2)N2CCOCC2)CCNCC1. The molecule has 2 aliphatic rings. The van der Waals surface area contributed by atoms with Crippen molar-refractivity contribution >= 4 is 17.2 Å². The van der Waals surface area contributed by atoms with Crippen molar-refractivity contribution in [2.45, 2.75) is 18.9 Å². The molecular formula is C19H31N3O3S. The molecule has 6 nitrogen and oxygen atoms in total. The first kappa shape index (κ1) is 19.8. The van der Waals surface area contributed by atoms with Crippen LogP contribution in [0.5, 0.6) is 0 Å². The van der Waals surface area contributed by atoms with Crippen LogP contribution in [0, 0.1) is 5.41 Å². The second-order valence-electron chi connectivity index (χ2n) is 7.33. The molecule has 1 aromatic heterocycles. The van der Waals surface area contributed by atoms with Gasteiger partial charge in [-0.3, -0.25) is 9.69 Å². The lowest BCUT2D eigenvalue weighted by molar-refractivity contribution is -0.147. The summed E-state index contributed by atoms with van der Waals surface area (Å²) in [6.45, 7) is 6.31. The second kappa shape index (κ2) is 9.28. The number of nitrogens with one attached hydrogen (secondary N) is 1. The third-order valence-corrected chi connectivity index (χ3v) is 6.56. The lowest BCUT2D eigenvalue weighted by atomic mass is 9.78. The second-order valence-corrected chi connectivity index (χ2v) is 8.31. The maximum Gasteiger partial charge on any atom is 0.231 e. The highest BCUT2D eigenvalue weighted by molar-refractivity contribution is 7.10. The van der Waals surface area contributed by atoms with Gasteiger partial charge in [-0.05, 0) is 37.4 Å². The molecule has 0 aromatic carbocycles. The first-order valence-corrected chi connectivity index (χ1v) is 10.3. The number of rotatable bonds is 7. The zero-order valence-electron chi connectivity index (χ0n) is 15.9. The van der Waals surface area contributed by atoms with Gasteiger partial charge in [0.2, 0.25) is 5.91 Å². The third-order valence-electron chi connectivity index (χ3n) is 5.59. The van der Waals surface area contributed by atoms with Crippen LogP contribution in [0.1, 0.15) is 23.8 Å². The van der Waals surface area contributed by atoms with E-state index in [4.69, 9.17) is 9.47 Å². The number of likely N-dealkylation sites (N-methyl/N-ethyl adjacent to an activating group) is 1. The van der Waals surface area contributed by atoms with Gasteiger partial charge in [0, 0.05) is 38.7 Å². The minimum absolute atomic E-state index is 0.218. The summed E-state index contributed by atoms with van der Waals surface area (Å²) >= 11 is 1.77. The largest absolute Gasteiger partial charge is 0.384 e. The van der Waals surface area contributed by atoms with E-state index < -0.39 is 0 Å². The fraction of sp³-hybridized carbons (Fsp3) is 0.737. The topological polar surface area (TPSA) is 54.0 Å². The summed E-state index contributed by atoms with van der Waals surface area (Å²) in [5, 5.41) is 5.47. The number of morpholine rings is 1. The first-order chi connectivity index (χ1) is 12.7. The molecule has 1 N–H and O–H groups in total. The van der Waals surface area contributed by atoms with Crippen LogP contribution < -0.4 is 5.32 Å². The van der Waals surface area contributed by atoms with Gasteiger partial charge < -0.3 is 19.7 Å². The predicted octanol–water partition coefficient (Wildman–Crippen LogP) is 1.60. The number of ether oxygens (including phenoxy) is 2. The van der Waals surface area contributed by atoms with Gasteiger partial charge >= 0.3 is 0 Å². The summed E-state index contributed by atoms with van der Waals surface area (Å²) in [6, 6.07) is 4.50. The summed E-state index contributed by atoms with van der Waals surface area (Å²) in [7, 11) is 3.64. The molecule has 2 fully saturated rings. The summed E-state index contributed by atoms with van der Waals surface area (Å²) in [5.41, 5.74) is -0.389. The predicted molar refractivity (Wildman–Crippen MR) is 104 cm³/mol. The molecule has 0 aliphatic carbocycles. The Hall–Kier alpha value is -0.990. The van der Waals surface area contributed by atoms with Gasteiger partial charge in [0.25, 0.3) is 0 Å². The molecule has 0 saturated carbocycles. The first-order valence-electron chi connectivity index (χ1n) is 9.47. The molecule has 1 amide bonds. The Morgan fingerprint density at radius 3 is 2.77 bits per heavy atom. The quantitative estimate of drug-likeness (QED) is 0.777. The number of amides is 1. The van der Waals surface area contributed by atoms with E-state index in [9.17, 15) is 4.79 Å². The maximum absolute atomic E-state index is 13.4. The molecule has 0 bridgehead atoms. The fourth-order valence-electron chi connectivity index (χ4n) is 4.10. The lowest BCUT2D eigenvalue weighted by Crippen LogP contribution is -2.52. The standard InChI is InChI=1S/C19H31N3O3S/c1-21(18(23)19(15-24-2)5-7-20-8-6-19)14-16(17-4-3-13-26-17)22-9-11-25-12-10-22/h3-4,13,16,20H,5-12,14-15H2,1-2H3. The Balaban J connectivity index is 1.73. The van der Waals surface area contributed by atoms with Crippen LogP contribution in [0.25, 0.3) is 0 Å². The van der Waals surface area contributed by atoms with E-state index in [1.54, 1.807) is 18.4 Å². The number of hydrogen-bond acceptors (Lipinski definition) is 6. The van der Waals surface area contributed by atoms with Gasteiger partial charge in [-0.15, -0.1) is 11.3 Å². The van der Waals surface area contributed by atoms with E-state index in [1.807, 2.05) is 11.9 Å². The average Bonchev–Trinajstić information content (AvgIpc) is 3.21. The van der Waals surface area contributed by atoms with Gasteiger partial charge in [-0.25, -0.2) is 0 Å². The van der Waals surface area contributed by atoms with Crippen LogP contribution >= 0.6 is 11.3 Å². The minimum Gasteiger partial charge on any atom is -0.384 e. The smallest absolute Gasteiger partial charge is 0.231 e. The van der Waals surface area contributed by atoms with Crippen molar-refractivity contribution in [1.29, 1.82) is 0 Å². The lowest BCUT2D eigenvalue weighted by Gasteiger charge is -2.41. The van der Waals surface area contributed by atoms with Crippen molar-refractivity contribution < 1.29 is 14.3 Å². The number of hydrogen-bond donors (Lipinski definition) is 1. The fourth-order valence-corrected chi connectivity index (χ4v) is 4.96. The number of carbonyl (C=O) groups excluding carboxylic acids is 1. The van der Waals surface area contributed by atoms with Crippen molar-refractivity contribution in [1.82, 2.24) is 15.1 Å². The van der Waals surface area contributed by atoms with Crippen molar-refractivity contribution in [3.63, 3.8) is 0 Å². The highest BCUT2D eigenvalue weighted by Crippen LogP contribution is 2.33. The van der Waals surface area contributed by atoms with Gasteiger partial charge in [-0.1, -0.05) is 6.07 Å². The molecule has 1 aromatic rings. The highest BCUT2D eigenvalue weighted by Gasteiger charge is 2.42. The molecular weight excluding hydrogens is 350 g/mol. The number of carbonyl (C=O) groups is 1. The van der Waals surface area contributed by atoms with Gasteiger partial charge in [0.1, 0.15) is 0 Å². The number of thiophene rings is 1. The normalized spacial score (nSPS) is 22.1. The molecule has 3 heterocycles. The van der Waals surface area contributed by atoms with E-state index >= 15 is 0 Å². The molecule has 2 aliphatic heterocycles. The van der Waals surface area contributed by atoms with Crippen molar-refractivity contribution in [3.05, 3.63) is 22.4 Å². The molecule has 0 radical (unpaired) electrons. The van der Waals surface area contributed by atoms with Crippen molar-refractivity contribution in [3.8, 4) is 0 Å². The van der Waals surface area contributed by atoms with Crippen LogP contribution in [0.15, 0.2) is 17.5 Å². The monoisotopic (exact) mass is 381 g/mol. The number of nitrogens with zero attached hydrogens (tertiary/aromatic N) is 2. The number of methoxy groups -OCH3 is 1. The molecule has 0 spiro atoms. The zero-order valence-corrected chi connectivity index (χ0v) is 16.7. The van der Waals surface area contributed by atoms with Crippen LogP contribution in [-0.4, -0.2) is 82.4 Å². The van der Waals surface area contributed by atoms with Crippen LogP contribution in [0.3, 0.4) is 0 Å². The van der Waals surface area contributed by atoms with Gasteiger partial charge in [0.15, 0.2) is 0 Å². The molecule has 26 heavy (non-hydrogen) atoms. The Morgan fingerprint density at radius 2 is 2.15 bits per heavy atom. The molecule has 7 heteroatoms. The maximum atomic E-state index is 13.4. The molecule has 3 rings (SSSR count). The molecule has 1 unspecified atom stereocenters. The number of piperidine rings is 1. The van der Waals surface area contributed by atoms with E-state index in [0.717, 1.165) is 52.2 Å². The van der Waals surface area contributed by atoms with E-state index in [-0.39, 0.29) is 17.4 Å². The van der Waals surface area contributed by atoms with E-state index in [2.05, 4.69) is 27.7 Å². The Labute approximate surface area is 160 Å². The molecule has 2 saturated heterocycles. The van der Waals surface area contributed by atoms with Crippen LogP contribution in [0.2, 0.25) is 0 Å². The van der Waals surface area contributed by atoms with Gasteiger partial charge in [-0.2, -0.15) is 0 Å². The summed E-state index contributed by atoms with van der Waals surface area (Å²) < 4.78 is 11.0. The Kier molecular flexibility index (Phi) is 7.05. The van der Waals surface area contributed by atoms with E-state index in [1.165, 1.54) is 4.88 Å². The van der Waals surface area contributed by atoms with Crippen LogP contribution in [-0.2, 0) is 14.3 Å². The Morgan fingerprint density at radius 1 is 1.42 bits per heavy atom. The third kappa shape index (κ3) is 4.46. The average molecular weight is 382 g/mol. The molecule has 1 atom stereocenters. The van der Waals surface area contributed by atoms with Gasteiger partial charge in [0.05, 0.1) is 31.3 Å². The van der Waals surface area contributed by atoms with Crippen molar-refractivity contribution in [2.75, 3.05) is 66.7 Å².